The number of ether oxygens (including phenoxy) is 1. The zero-order valence-corrected chi connectivity index (χ0v) is 14.8. The Labute approximate surface area is 160 Å². The lowest BCUT2D eigenvalue weighted by Crippen LogP contribution is -2.32. The second-order valence-electron chi connectivity index (χ2n) is 5.96. The molecule has 2 amide bonds. The number of nitrogens with one attached hydrogen (secondary N) is 2. The normalized spacial score (nSPS) is 13.1. The molecule has 142 valence electrons. The third-order valence-corrected chi connectivity index (χ3v) is 3.96. The van der Waals surface area contributed by atoms with Crippen molar-refractivity contribution in [2.75, 3.05) is 11.9 Å². The lowest BCUT2D eigenvalue weighted by atomic mass is 10.0. The third-order valence-electron chi connectivity index (χ3n) is 3.96. The van der Waals surface area contributed by atoms with Crippen molar-refractivity contribution in [3.63, 3.8) is 0 Å². The number of carbonyl (C=O) groups excluding carboxylic acids is 4. The molecule has 2 aromatic carbocycles. The van der Waals surface area contributed by atoms with Crippen molar-refractivity contribution in [2.45, 2.75) is 12.8 Å². The van der Waals surface area contributed by atoms with Gasteiger partial charge in [0.25, 0.3) is 5.91 Å². The first kappa shape index (κ1) is 19.0. The summed E-state index contributed by atoms with van der Waals surface area (Å²) in [4.78, 5) is 47.7. The van der Waals surface area contributed by atoms with Gasteiger partial charge in [-0.1, -0.05) is 42.5 Å². The molecule has 1 aliphatic rings. The molecule has 0 aromatic heterocycles. The Balaban J connectivity index is 1.62. The Morgan fingerprint density at radius 2 is 1.71 bits per heavy atom. The fourth-order valence-corrected chi connectivity index (χ4v) is 2.56. The molecule has 0 bridgehead atoms. The predicted octanol–water partition coefficient (Wildman–Crippen LogP) is 1.67. The summed E-state index contributed by atoms with van der Waals surface area (Å²) in [6, 6.07) is 15.3. The number of rotatable bonds is 6. The molecule has 0 radical (unpaired) electrons. The van der Waals surface area contributed by atoms with Crippen LogP contribution < -0.4 is 10.7 Å². The van der Waals surface area contributed by atoms with E-state index in [4.69, 9.17) is 4.74 Å². The van der Waals surface area contributed by atoms with Crippen molar-refractivity contribution in [3.8, 4) is 0 Å². The fourth-order valence-electron chi connectivity index (χ4n) is 2.56. The number of hydrazone groups is 1. The Morgan fingerprint density at radius 1 is 1.00 bits per heavy atom. The van der Waals surface area contributed by atoms with Crippen LogP contribution in [0.1, 0.15) is 28.8 Å². The number of hydrogen-bond donors (Lipinski definition) is 2. The maximum atomic E-state index is 12.7. The van der Waals surface area contributed by atoms with Crippen LogP contribution >= 0.6 is 0 Å². The molecule has 0 atom stereocenters. The van der Waals surface area contributed by atoms with E-state index in [2.05, 4.69) is 15.8 Å². The lowest BCUT2D eigenvalue weighted by molar-refractivity contribution is -0.140. The van der Waals surface area contributed by atoms with Crippen molar-refractivity contribution in [3.05, 3.63) is 65.7 Å². The number of para-hydroxylation sites is 1. The molecule has 28 heavy (non-hydrogen) atoms. The van der Waals surface area contributed by atoms with Crippen LogP contribution in [0.25, 0.3) is 0 Å². The number of nitrogens with zero attached hydrogens (tertiary/aromatic N) is 1. The molecular weight excluding hydrogens is 362 g/mol. The second-order valence-corrected chi connectivity index (χ2v) is 5.96. The first-order valence-corrected chi connectivity index (χ1v) is 8.56. The number of esters is 1. The smallest absolute Gasteiger partial charge is 0.355 e. The van der Waals surface area contributed by atoms with Gasteiger partial charge in [-0.3, -0.25) is 14.4 Å². The zero-order chi connectivity index (χ0) is 19.9. The van der Waals surface area contributed by atoms with E-state index in [0.29, 0.717) is 16.8 Å². The average molecular weight is 379 g/mol. The zero-order valence-electron chi connectivity index (χ0n) is 14.8. The van der Waals surface area contributed by atoms with Gasteiger partial charge in [-0.2, -0.15) is 5.10 Å². The van der Waals surface area contributed by atoms with E-state index < -0.39 is 18.5 Å². The van der Waals surface area contributed by atoms with E-state index in [0.717, 1.165) is 0 Å². The summed E-state index contributed by atoms with van der Waals surface area (Å²) in [6.45, 7) is -0.542. The maximum Gasteiger partial charge on any atom is 0.355 e. The summed E-state index contributed by atoms with van der Waals surface area (Å²) in [5, 5.41) is 6.19. The van der Waals surface area contributed by atoms with Gasteiger partial charge in [0.05, 0.1) is 5.69 Å². The molecule has 0 aliphatic carbocycles. The quantitative estimate of drug-likeness (QED) is 0.585. The van der Waals surface area contributed by atoms with E-state index in [1.54, 1.807) is 54.6 Å². The van der Waals surface area contributed by atoms with E-state index in [9.17, 15) is 19.2 Å². The third kappa shape index (κ3) is 4.67. The van der Waals surface area contributed by atoms with E-state index in [1.807, 2.05) is 0 Å². The summed E-state index contributed by atoms with van der Waals surface area (Å²) >= 11 is 0. The van der Waals surface area contributed by atoms with Gasteiger partial charge in [0.2, 0.25) is 5.91 Å². The van der Waals surface area contributed by atoms with Crippen molar-refractivity contribution in [1.29, 1.82) is 0 Å². The standard InChI is InChI=1S/C20H17N3O5/c24-17-11-10-16(22-23-17)20(27)28-12-18(25)21-15-9-5-4-8-14(15)19(26)13-6-2-1-3-7-13/h1-9H,10-12H2,(H,21,25)(H,23,24). The number of anilines is 1. The van der Waals surface area contributed by atoms with Gasteiger partial charge in [0, 0.05) is 24.0 Å². The highest BCUT2D eigenvalue weighted by Crippen LogP contribution is 2.19. The maximum absolute atomic E-state index is 12.7. The van der Waals surface area contributed by atoms with E-state index in [-0.39, 0.29) is 30.2 Å². The molecule has 2 N–H and O–H groups in total. The predicted molar refractivity (Wildman–Crippen MR) is 101 cm³/mol. The summed E-state index contributed by atoms with van der Waals surface area (Å²) in [6.07, 6.45) is 0.287. The summed E-state index contributed by atoms with van der Waals surface area (Å²) < 4.78 is 4.92. The minimum Gasteiger partial charge on any atom is -0.451 e. The van der Waals surface area contributed by atoms with Gasteiger partial charge in [0.15, 0.2) is 12.4 Å². The Morgan fingerprint density at radius 3 is 2.43 bits per heavy atom. The van der Waals surface area contributed by atoms with Crippen LogP contribution in [0.4, 0.5) is 5.69 Å². The molecule has 2 aromatic rings. The molecule has 1 aliphatic heterocycles. The number of hydrogen-bond acceptors (Lipinski definition) is 6. The molecule has 8 nitrogen and oxygen atoms in total. The monoisotopic (exact) mass is 379 g/mol. The lowest BCUT2D eigenvalue weighted by Gasteiger charge is -2.12. The van der Waals surface area contributed by atoms with Gasteiger partial charge in [-0.05, 0) is 12.1 Å². The van der Waals surface area contributed by atoms with Crippen LogP contribution in [0.15, 0.2) is 59.7 Å². The van der Waals surface area contributed by atoms with Gasteiger partial charge in [0.1, 0.15) is 5.71 Å². The van der Waals surface area contributed by atoms with Crippen LogP contribution in [0, 0.1) is 0 Å². The minimum atomic E-state index is -0.774. The molecular formula is C20H17N3O5. The fraction of sp³-hybridized carbons (Fsp3) is 0.150. The molecule has 0 fully saturated rings. The number of carbonyl (C=O) groups is 4. The van der Waals surface area contributed by atoms with E-state index >= 15 is 0 Å². The van der Waals surface area contributed by atoms with Crippen LogP contribution in [0.2, 0.25) is 0 Å². The highest BCUT2D eigenvalue weighted by atomic mass is 16.5. The first-order valence-electron chi connectivity index (χ1n) is 8.56. The average Bonchev–Trinajstić information content (AvgIpc) is 2.73. The summed E-state index contributed by atoms with van der Waals surface area (Å²) in [7, 11) is 0. The number of benzene rings is 2. The summed E-state index contributed by atoms with van der Waals surface area (Å²) in [5.41, 5.74) is 3.37. The van der Waals surface area contributed by atoms with Crippen molar-refractivity contribution >= 4 is 35.0 Å². The molecule has 0 unspecified atom stereocenters. The second kappa shape index (κ2) is 8.72. The Hall–Kier alpha value is -3.81. The highest BCUT2D eigenvalue weighted by Gasteiger charge is 2.21. The first-order chi connectivity index (χ1) is 13.5. The number of amides is 2. The summed E-state index contributed by atoms with van der Waals surface area (Å²) in [5.74, 6) is -1.89. The topological polar surface area (TPSA) is 114 Å². The van der Waals surface area contributed by atoms with Gasteiger partial charge < -0.3 is 10.1 Å². The van der Waals surface area contributed by atoms with Gasteiger partial charge >= 0.3 is 5.97 Å². The Bertz CT molecular complexity index is 953. The molecule has 0 spiro atoms. The molecule has 3 rings (SSSR count). The Kier molecular flexibility index (Phi) is 5.91. The number of ketones is 1. The highest BCUT2D eigenvalue weighted by molar-refractivity contribution is 6.37. The van der Waals surface area contributed by atoms with Crippen molar-refractivity contribution in [2.24, 2.45) is 5.10 Å². The SMILES string of the molecule is O=C1CCC(C(=O)OCC(=O)Nc2ccccc2C(=O)c2ccccc2)=NN1. The largest absolute Gasteiger partial charge is 0.451 e. The van der Waals surface area contributed by atoms with Gasteiger partial charge in [-0.25, -0.2) is 10.2 Å². The van der Waals surface area contributed by atoms with Crippen molar-refractivity contribution in [1.82, 2.24) is 5.43 Å². The molecule has 0 saturated carbocycles. The van der Waals surface area contributed by atoms with Crippen LogP contribution in [0.3, 0.4) is 0 Å². The minimum absolute atomic E-state index is 0.0482. The van der Waals surface area contributed by atoms with Crippen LogP contribution in [-0.2, 0) is 19.1 Å². The molecule has 0 saturated heterocycles. The molecule has 8 heteroatoms. The van der Waals surface area contributed by atoms with Crippen LogP contribution in [-0.4, -0.2) is 35.9 Å². The van der Waals surface area contributed by atoms with Crippen LogP contribution in [0.5, 0.6) is 0 Å². The van der Waals surface area contributed by atoms with Gasteiger partial charge in [-0.15, -0.1) is 0 Å². The van der Waals surface area contributed by atoms with Crippen molar-refractivity contribution < 1.29 is 23.9 Å². The molecule has 1 heterocycles. The van der Waals surface area contributed by atoms with E-state index in [1.165, 1.54) is 0 Å².